The van der Waals surface area contributed by atoms with Crippen LogP contribution in [0.2, 0.25) is 0 Å². The van der Waals surface area contributed by atoms with Crippen LogP contribution in [0.25, 0.3) is 0 Å². The van der Waals surface area contributed by atoms with Crippen molar-refractivity contribution in [3.63, 3.8) is 0 Å². The van der Waals surface area contributed by atoms with Crippen LogP contribution in [-0.2, 0) is 4.79 Å². The van der Waals surface area contributed by atoms with Crippen LogP contribution in [0.3, 0.4) is 0 Å². The molecule has 0 aliphatic carbocycles. The van der Waals surface area contributed by atoms with E-state index in [0.717, 1.165) is 28.4 Å². The molecule has 34 heavy (non-hydrogen) atoms. The maximum absolute atomic E-state index is 13.1. The smallest absolute Gasteiger partial charge is 0.165 e. The minimum absolute atomic E-state index is 0.0261. The average molecular weight is 464 g/mol. The van der Waals surface area contributed by atoms with Gasteiger partial charge in [0.2, 0.25) is 0 Å². The summed E-state index contributed by atoms with van der Waals surface area (Å²) in [5.74, 6) is 2.98. The number of rotatable bonds is 8. The van der Waals surface area contributed by atoms with Crippen molar-refractivity contribution in [2.45, 2.75) is 51.6 Å². The fourth-order valence-corrected chi connectivity index (χ4v) is 4.39. The summed E-state index contributed by atoms with van der Waals surface area (Å²) in [6.45, 7) is 7.12. The highest BCUT2D eigenvalue weighted by atomic mass is 16.5. The zero-order chi connectivity index (χ0) is 24.3. The highest BCUT2D eigenvalue weighted by Gasteiger charge is 2.39. The van der Waals surface area contributed by atoms with Gasteiger partial charge < -0.3 is 20.1 Å². The van der Waals surface area contributed by atoms with Gasteiger partial charge >= 0.3 is 0 Å². The number of ketones is 1. The van der Waals surface area contributed by atoms with Gasteiger partial charge in [-0.3, -0.25) is 9.89 Å². The lowest BCUT2D eigenvalue weighted by molar-refractivity contribution is -0.139. The molecule has 0 spiro atoms. The Balaban J connectivity index is 1.38. The average Bonchev–Trinajstić information content (AvgIpc) is 3.23. The molecule has 0 unspecified atom stereocenters. The second kappa shape index (κ2) is 9.85. The molecule has 3 N–H and O–H groups in total. The van der Waals surface area contributed by atoms with Crippen molar-refractivity contribution >= 4 is 23.2 Å². The van der Waals surface area contributed by atoms with Gasteiger partial charge in [-0.25, -0.2) is 4.98 Å². The highest BCUT2D eigenvalue weighted by molar-refractivity contribution is 5.88. The number of H-pyrrole nitrogens is 1. The first kappa shape index (κ1) is 23.8. The van der Waals surface area contributed by atoms with E-state index in [9.17, 15) is 9.90 Å². The molecule has 3 aromatic rings. The number of aromatic nitrogens is 3. The molecule has 0 radical (unpaired) electrons. The molecular formula is C26H33N5O3. The number of carbonyl (C=O) groups excluding carboxylic acids is 1. The predicted octanol–water partition coefficient (Wildman–Crippen LogP) is 4.27. The molecule has 2 aromatic heterocycles. The fourth-order valence-electron chi connectivity index (χ4n) is 4.39. The van der Waals surface area contributed by atoms with Crippen LogP contribution < -0.4 is 15.0 Å². The van der Waals surface area contributed by atoms with Crippen LogP contribution in [0.15, 0.2) is 42.5 Å². The lowest BCUT2D eigenvalue weighted by Crippen LogP contribution is -2.50. The number of aryl methyl sites for hydroxylation is 2. The minimum Gasteiger partial charge on any atom is -0.497 e. The van der Waals surface area contributed by atoms with Gasteiger partial charge in [0.15, 0.2) is 11.6 Å². The highest BCUT2D eigenvalue weighted by Crippen LogP contribution is 2.31. The Hall–Kier alpha value is -3.39. The van der Waals surface area contributed by atoms with Gasteiger partial charge in [-0.15, -0.1) is 0 Å². The summed E-state index contributed by atoms with van der Waals surface area (Å²) in [5.41, 5.74) is 1.81. The standard InChI is InChI=1S/C26H33N5O3/c1-17-13-23(27-24-16-19(3)29-30-24)28-25(14-17)31-11-9-26(33,10-12-31)22(32)15-18(2)20-5-7-21(34-4)8-6-20/h5-8,13-14,16,18,33H,9-12,15H2,1-4H3,(H2,27,28,29,30)/t18-/m1/s1. The summed E-state index contributed by atoms with van der Waals surface area (Å²) in [6.07, 6.45) is 1.08. The monoisotopic (exact) mass is 463 g/mol. The van der Waals surface area contributed by atoms with E-state index in [1.54, 1.807) is 7.11 Å². The first-order chi connectivity index (χ1) is 16.3. The Labute approximate surface area is 200 Å². The third-order valence-corrected chi connectivity index (χ3v) is 6.53. The number of anilines is 3. The van der Waals surface area contributed by atoms with Crippen LogP contribution in [0.4, 0.5) is 17.5 Å². The van der Waals surface area contributed by atoms with Crippen molar-refractivity contribution in [1.82, 2.24) is 15.2 Å². The Morgan fingerprint density at radius 2 is 1.88 bits per heavy atom. The number of carbonyl (C=O) groups is 1. The summed E-state index contributed by atoms with van der Waals surface area (Å²) in [5, 5.41) is 21.5. The van der Waals surface area contributed by atoms with Crippen molar-refractivity contribution in [3.05, 3.63) is 59.3 Å². The molecule has 1 saturated heterocycles. The van der Waals surface area contributed by atoms with Crippen LogP contribution in [0.1, 0.15) is 48.9 Å². The van der Waals surface area contributed by atoms with Gasteiger partial charge in [0.05, 0.1) is 7.11 Å². The number of pyridine rings is 1. The molecule has 0 bridgehead atoms. The number of Topliss-reactive ketones (excluding diaryl/α,β-unsaturated/α-hetero) is 1. The molecule has 4 rings (SSSR count). The van der Waals surface area contributed by atoms with Gasteiger partial charge in [-0.05, 0) is 55.2 Å². The molecule has 1 atom stereocenters. The third-order valence-electron chi connectivity index (χ3n) is 6.53. The quantitative estimate of drug-likeness (QED) is 0.458. The van der Waals surface area contributed by atoms with E-state index < -0.39 is 5.60 Å². The van der Waals surface area contributed by atoms with Gasteiger partial charge in [-0.1, -0.05) is 19.1 Å². The molecule has 1 fully saturated rings. The van der Waals surface area contributed by atoms with Gasteiger partial charge in [0.25, 0.3) is 0 Å². The molecule has 1 aliphatic rings. The Bertz CT molecular complexity index is 1130. The Kier molecular flexibility index (Phi) is 6.88. The van der Waals surface area contributed by atoms with Gasteiger partial charge in [0.1, 0.15) is 23.0 Å². The molecule has 0 amide bonds. The van der Waals surface area contributed by atoms with E-state index in [4.69, 9.17) is 9.72 Å². The van der Waals surface area contributed by atoms with Crippen LogP contribution in [-0.4, -0.2) is 51.9 Å². The topological polar surface area (TPSA) is 103 Å². The lowest BCUT2D eigenvalue weighted by Gasteiger charge is -2.38. The Morgan fingerprint density at radius 1 is 1.18 bits per heavy atom. The molecule has 180 valence electrons. The third kappa shape index (κ3) is 5.39. The van der Waals surface area contributed by atoms with Crippen LogP contribution >= 0.6 is 0 Å². The normalized spacial score (nSPS) is 16.2. The summed E-state index contributed by atoms with van der Waals surface area (Å²) in [6, 6.07) is 13.7. The largest absolute Gasteiger partial charge is 0.497 e. The maximum atomic E-state index is 13.1. The molecule has 3 heterocycles. The van der Waals surface area contributed by atoms with Crippen molar-refractivity contribution in [1.29, 1.82) is 0 Å². The molecular weight excluding hydrogens is 430 g/mol. The molecule has 8 heteroatoms. The van der Waals surface area contributed by atoms with Crippen molar-refractivity contribution in [2.24, 2.45) is 0 Å². The number of benzene rings is 1. The molecule has 8 nitrogen and oxygen atoms in total. The summed E-state index contributed by atoms with van der Waals surface area (Å²) in [7, 11) is 1.63. The van der Waals surface area contributed by atoms with E-state index >= 15 is 0 Å². The van der Waals surface area contributed by atoms with E-state index in [1.807, 2.05) is 63.2 Å². The molecule has 1 aromatic carbocycles. The Morgan fingerprint density at radius 3 is 2.50 bits per heavy atom. The summed E-state index contributed by atoms with van der Waals surface area (Å²) in [4.78, 5) is 19.9. The number of nitrogens with one attached hydrogen (secondary N) is 2. The number of aliphatic hydroxyl groups is 1. The molecule has 0 saturated carbocycles. The second-order valence-electron chi connectivity index (χ2n) is 9.27. The van der Waals surface area contributed by atoms with E-state index in [1.165, 1.54) is 0 Å². The van der Waals surface area contributed by atoms with Crippen molar-refractivity contribution < 1.29 is 14.6 Å². The van der Waals surface area contributed by atoms with E-state index in [0.29, 0.717) is 44.0 Å². The summed E-state index contributed by atoms with van der Waals surface area (Å²) >= 11 is 0. The van der Waals surface area contributed by atoms with Crippen LogP contribution in [0.5, 0.6) is 5.75 Å². The number of aromatic amines is 1. The summed E-state index contributed by atoms with van der Waals surface area (Å²) < 4.78 is 5.21. The van der Waals surface area contributed by atoms with Gasteiger partial charge in [-0.2, -0.15) is 5.10 Å². The van der Waals surface area contributed by atoms with Gasteiger partial charge in [0, 0.05) is 44.1 Å². The number of hydrogen-bond acceptors (Lipinski definition) is 7. The minimum atomic E-state index is -1.30. The second-order valence-corrected chi connectivity index (χ2v) is 9.27. The first-order valence-corrected chi connectivity index (χ1v) is 11.7. The molecule has 1 aliphatic heterocycles. The van der Waals surface area contributed by atoms with Crippen molar-refractivity contribution in [2.75, 3.05) is 30.4 Å². The fraction of sp³-hybridized carbons (Fsp3) is 0.423. The lowest BCUT2D eigenvalue weighted by atomic mass is 9.82. The SMILES string of the molecule is COc1ccc([C@H](C)CC(=O)C2(O)CCN(c3cc(C)cc(Nc4cc(C)[nH]n4)n3)CC2)cc1. The zero-order valence-corrected chi connectivity index (χ0v) is 20.3. The van der Waals surface area contributed by atoms with E-state index in [2.05, 4.69) is 20.4 Å². The van der Waals surface area contributed by atoms with Crippen molar-refractivity contribution in [3.8, 4) is 5.75 Å². The number of nitrogens with zero attached hydrogens (tertiary/aromatic N) is 3. The number of hydrogen-bond donors (Lipinski definition) is 3. The van der Waals surface area contributed by atoms with Crippen LogP contribution in [0, 0.1) is 13.8 Å². The maximum Gasteiger partial charge on any atom is 0.165 e. The zero-order valence-electron chi connectivity index (χ0n) is 20.3. The predicted molar refractivity (Wildman–Crippen MR) is 133 cm³/mol. The first-order valence-electron chi connectivity index (χ1n) is 11.7. The van der Waals surface area contributed by atoms with E-state index in [-0.39, 0.29) is 11.7 Å². The number of methoxy groups -OCH3 is 1. The number of piperidine rings is 1. The number of ether oxygens (including phenoxy) is 1.